The van der Waals surface area contributed by atoms with Crippen molar-refractivity contribution in [1.82, 2.24) is 9.97 Å². The third-order valence-electron chi connectivity index (χ3n) is 1.34. The Bertz CT molecular complexity index is 266. The van der Waals surface area contributed by atoms with Gasteiger partial charge in [-0.2, -0.15) is 0 Å². The summed E-state index contributed by atoms with van der Waals surface area (Å²) in [5.41, 5.74) is 0. The maximum atomic E-state index is 10.7. The first-order valence-electron chi connectivity index (χ1n) is 3.77. The molecule has 0 unspecified atom stereocenters. The van der Waals surface area contributed by atoms with Gasteiger partial charge in [0.15, 0.2) is 0 Å². The van der Waals surface area contributed by atoms with Crippen molar-refractivity contribution in [2.75, 3.05) is 12.9 Å². The van der Waals surface area contributed by atoms with Crippen molar-refractivity contribution in [2.45, 2.75) is 11.3 Å². The Hall–Kier alpha value is -1.10. The van der Waals surface area contributed by atoms with Gasteiger partial charge >= 0.3 is 5.97 Å². The van der Waals surface area contributed by atoms with Crippen molar-refractivity contribution in [2.24, 2.45) is 0 Å². The summed E-state index contributed by atoms with van der Waals surface area (Å²) in [5, 5.41) is 0. The predicted molar refractivity (Wildman–Crippen MR) is 49.4 cm³/mol. The normalized spacial score (nSPS) is 9.62. The molecule has 0 N–H and O–H groups in total. The smallest absolute Gasteiger partial charge is 0.306 e. The van der Waals surface area contributed by atoms with E-state index < -0.39 is 0 Å². The number of aromatic nitrogens is 2. The number of carbonyl (C=O) groups excluding carboxylic acids is 1. The molecule has 0 saturated carbocycles. The molecule has 1 aromatic heterocycles. The van der Waals surface area contributed by atoms with Gasteiger partial charge in [0.2, 0.25) is 0 Å². The first kappa shape index (κ1) is 9.98. The Kier molecular flexibility index (Phi) is 4.25. The van der Waals surface area contributed by atoms with Gasteiger partial charge in [0.05, 0.1) is 13.5 Å². The summed E-state index contributed by atoms with van der Waals surface area (Å²) in [6, 6.07) is 0. The average Bonchev–Trinajstić information content (AvgIpc) is 2.19. The maximum Gasteiger partial charge on any atom is 0.306 e. The lowest BCUT2D eigenvalue weighted by atomic mass is 10.5. The van der Waals surface area contributed by atoms with Crippen LogP contribution in [0.1, 0.15) is 6.42 Å². The molecule has 0 aliphatic rings. The molecule has 1 rings (SSSR count). The summed E-state index contributed by atoms with van der Waals surface area (Å²) >= 11 is 1.54. The van der Waals surface area contributed by atoms with Crippen LogP contribution in [-0.4, -0.2) is 28.8 Å². The lowest BCUT2D eigenvalue weighted by molar-refractivity contribution is -0.140. The Balaban J connectivity index is 2.24. The van der Waals surface area contributed by atoms with Crippen LogP contribution in [0.2, 0.25) is 0 Å². The van der Waals surface area contributed by atoms with E-state index >= 15 is 0 Å². The van der Waals surface area contributed by atoms with Crippen molar-refractivity contribution in [1.29, 1.82) is 0 Å². The topological polar surface area (TPSA) is 52.1 Å². The molecule has 0 bridgehead atoms. The highest BCUT2D eigenvalue weighted by Crippen LogP contribution is 2.15. The van der Waals surface area contributed by atoms with E-state index in [-0.39, 0.29) is 5.97 Å². The van der Waals surface area contributed by atoms with E-state index in [0.29, 0.717) is 12.2 Å². The zero-order valence-electron chi connectivity index (χ0n) is 7.27. The van der Waals surface area contributed by atoms with Gasteiger partial charge in [-0.05, 0) is 0 Å². The van der Waals surface area contributed by atoms with Crippen LogP contribution in [0, 0.1) is 0 Å². The van der Waals surface area contributed by atoms with Crippen LogP contribution in [0.4, 0.5) is 0 Å². The van der Waals surface area contributed by atoms with Gasteiger partial charge in [0.1, 0.15) is 6.33 Å². The van der Waals surface area contributed by atoms with E-state index in [9.17, 15) is 4.79 Å². The largest absolute Gasteiger partial charge is 0.469 e. The number of carbonyl (C=O) groups is 1. The highest BCUT2D eigenvalue weighted by atomic mass is 32.2. The molecule has 0 spiro atoms. The second-order valence-electron chi connectivity index (χ2n) is 2.25. The average molecular weight is 198 g/mol. The van der Waals surface area contributed by atoms with E-state index in [1.54, 1.807) is 12.4 Å². The molecular formula is C8H10N2O2S. The van der Waals surface area contributed by atoms with Crippen molar-refractivity contribution in [3.05, 3.63) is 18.7 Å². The number of nitrogens with zero attached hydrogens (tertiary/aromatic N) is 2. The molecule has 0 atom stereocenters. The van der Waals surface area contributed by atoms with Crippen molar-refractivity contribution < 1.29 is 9.53 Å². The molecule has 0 fully saturated rings. The number of thioether (sulfide) groups is 1. The van der Waals surface area contributed by atoms with E-state index in [0.717, 1.165) is 4.90 Å². The minimum absolute atomic E-state index is 0.190. The van der Waals surface area contributed by atoms with Gasteiger partial charge in [0, 0.05) is 23.0 Å². The standard InChI is InChI=1S/C8H10N2O2S/c1-12-8(11)2-3-13-7-4-9-6-10-5-7/h4-6H,2-3H2,1H3. The number of esters is 1. The van der Waals surface area contributed by atoms with Crippen LogP contribution >= 0.6 is 11.8 Å². The van der Waals surface area contributed by atoms with E-state index in [1.165, 1.54) is 25.2 Å². The third kappa shape index (κ3) is 3.89. The fourth-order valence-corrected chi connectivity index (χ4v) is 1.49. The van der Waals surface area contributed by atoms with Crippen LogP contribution in [0.5, 0.6) is 0 Å². The first-order chi connectivity index (χ1) is 6.33. The molecule has 1 heterocycles. The minimum Gasteiger partial charge on any atom is -0.469 e. The fraction of sp³-hybridized carbons (Fsp3) is 0.375. The zero-order chi connectivity index (χ0) is 9.52. The number of ether oxygens (including phenoxy) is 1. The van der Waals surface area contributed by atoms with Crippen molar-refractivity contribution in [3.8, 4) is 0 Å². The molecule has 0 radical (unpaired) electrons. The van der Waals surface area contributed by atoms with Gasteiger partial charge in [-0.1, -0.05) is 0 Å². The van der Waals surface area contributed by atoms with E-state index in [4.69, 9.17) is 0 Å². The third-order valence-corrected chi connectivity index (χ3v) is 2.29. The second-order valence-corrected chi connectivity index (χ2v) is 3.42. The lowest BCUT2D eigenvalue weighted by Gasteiger charge is -1.98. The minimum atomic E-state index is -0.190. The summed E-state index contributed by atoms with van der Waals surface area (Å²) < 4.78 is 4.50. The Morgan fingerprint density at radius 3 is 2.85 bits per heavy atom. The molecule has 4 nitrogen and oxygen atoms in total. The SMILES string of the molecule is COC(=O)CCSc1cncnc1. The maximum absolute atomic E-state index is 10.7. The summed E-state index contributed by atoms with van der Waals surface area (Å²) in [6.45, 7) is 0. The molecular weight excluding hydrogens is 188 g/mol. The lowest BCUT2D eigenvalue weighted by Crippen LogP contribution is -2.00. The van der Waals surface area contributed by atoms with Crippen LogP contribution in [-0.2, 0) is 9.53 Å². The Morgan fingerprint density at radius 2 is 2.23 bits per heavy atom. The van der Waals surface area contributed by atoms with Crippen LogP contribution in [0.25, 0.3) is 0 Å². The summed E-state index contributed by atoms with van der Waals surface area (Å²) in [6.07, 6.45) is 5.32. The summed E-state index contributed by atoms with van der Waals surface area (Å²) in [4.78, 5) is 19.4. The number of hydrogen-bond donors (Lipinski definition) is 0. The quantitative estimate of drug-likeness (QED) is 0.536. The molecule has 13 heavy (non-hydrogen) atoms. The monoisotopic (exact) mass is 198 g/mol. The molecule has 0 amide bonds. The molecule has 70 valence electrons. The van der Waals surface area contributed by atoms with Gasteiger partial charge in [0.25, 0.3) is 0 Å². The predicted octanol–water partition coefficient (Wildman–Crippen LogP) is 1.13. The molecule has 0 saturated heterocycles. The van der Waals surface area contributed by atoms with E-state index in [2.05, 4.69) is 14.7 Å². The summed E-state index contributed by atoms with van der Waals surface area (Å²) in [7, 11) is 1.39. The van der Waals surface area contributed by atoms with Crippen LogP contribution in [0.3, 0.4) is 0 Å². The second kappa shape index (κ2) is 5.53. The summed E-state index contributed by atoms with van der Waals surface area (Å²) in [5.74, 6) is 0.504. The van der Waals surface area contributed by atoms with Crippen LogP contribution < -0.4 is 0 Å². The number of rotatable bonds is 4. The Labute approximate surface area is 80.7 Å². The zero-order valence-corrected chi connectivity index (χ0v) is 8.08. The van der Waals surface area contributed by atoms with Crippen molar-refractivity contribution in [3.63, 3.8) is 0 Å². The number of methoxy groups -OCH3 is 1. The highest BCUT2D eigenvalue weighted by Gasteiger charge is 2.00. The Morgan fingerprint density at radius 1 is 1.54 bits per heavy atom. The van der Waals surface area contributed by atoms with E-state index in [1.807, 2.05) is 0 Å². The highest BCUT2D eigenvalue weighted by molar-refractivity contribution is 7.99. The van der Waals surface area contributed by atoms with Gasteiger partial charge in [-0.15, -0.1) is 11.8 Å². The van der Waals surface area contributed by atoms with Crippen molar-refractivity contribution >= 4 is 17.7 Å². The molecule has 0 aliphatic carbocycles. The molecule has 0 aromatic carbocycles. The number of hydrogen-bond acceptors (Lipinski definition) is 5. The van der Waals surface area contributed by atoms with Gasteiger partial charge in [-0.25, -0.2) is 9.97 Å². The van der Waals surface area contributed by atoms with Gasteiger partial charge < -0.3 is 4.74 Å². The van der Waals surface area contributed by atoms with Crippen LogP contribution in [0.15, 0.2) is 23.6 Å². The van der Waals surface area contributed by atoms with Gasteiger partial charge in [-0.3, -0.25) is 4.79 Å². The molecule has 0 aliphatic heterocycles. The fourth-order valence-electron chi connectivity index (χ4n) is 0.714. The molecule has 5 heteroatoms. The first-order valence-corrected chi connectivity index (χ1v) is 4.76. The molecule has 1 aromatic rings.